The molecule has 0 radical (unpaired) electrons. The van der Waals surface area contributed by atoms with Gasteiger partial charge in [-0.15, -0.1) is 0 Å². The molecule has 0 N–H and O–H groups in total. The molecule has 0 heterocycles. The van der Waals surface area contributed by atoms with Gasteiger partial charge in [0.25, 0.3) is 0 Å². The topological polar surface area (TPSA) is 61.8 Å². The second kappa shape index (κ2) is 57.6. The van der Waals surface area contributed by atoms with E-state index < -0.39 is 6.10 Å². The van der Waals surface area contributed by atoms with Gasteiger partial charge in [0.1, 0.15) is 6.61 Å². The van der Waals surface area contributed by atoms with Crippen LogP contribution in [-0.4, -0.2) is 37.9 Å². The van der Waals surface area contributed by atoms with Crippen molar-refractivity contribution in [3.05, 3.63) is 122 Å². The highest BCUT2D eigenvalue weighted by Gasteiger charge is 2.17. The highest BCUT2D eigenvalue weighted by molar-refractivity contribution is 5.70. The molecule has 0 aromatic heterocycles. The van der Waals surface area contributed by atoms with Crippen LogP contribution in [0.3, 0.4) is 0 Å². The Kier molecular flexibility index (Phi) is 54.5. The molecule has 1 atom stereocenters. The molecular formula is C63H104O5. The van der Waals surface area contributed by atoms with Crippen LogP contribution in [0, 0.1) is 0 Å². The number of esters is 2. The normalized spacial score (nSPS) is 13.2. The summed E-state index contributed by atoms with van der Waals surface area (Å²) < 4.78 is 17.4. The Morgan fingerprint density at radius 2 is 0.662 bits per heavy atom. The Balaban J connectivity index is 4.43. The largest absolute Gasteiger partial charge is 0.462 e. The van der Waals surface area contributed by atoms with E-state index in [4.69, 9.17) is 14.2 Å². The molecule has 0 aliphatic heterocycles. The van der Waals surface area contributed by atoms with E-state index in [0.29, 0.717) is 19.4 Å². The van der Waals surface area contributed by atoms with Gasteiger partial charge in [-0.25, -0.2) is 0 Å². The third kappa shape index (κ3) is 54.9. The number of hydrogen-bond donors (Lipinski definition) is 0. The summed E-state index contributed by atoms with van der Waals surface area (Å²) in [5.74, 6) is -0.454. The number of carbonyl (C=O) groups is 2. The van der Waals surface area contributed by atoms with Crippen LogP contribution in [0.5, 0.6) is 0 Å². The summed E-state index contributed by atoms with van der Waals surface area (Å²) in [5, 5.41) is 0. The van der Waals surface area contributed by atoms with Crippen LogP contribution in [0.2, 0.25) is 0 Å². The molecular weight excluding hydrogens is 837 g/mol. The van der Waals surface area contributed by atoms with Gasteiger partial charge in [-0.3, -0.25) is 9.59 Å². The average Bonchev–Trinajstić information content (AvgIpc) is 3.34. The maximum atomic E-state index is 12.8. The minimum absolute atomic E-state index is 0.0468. The lowest BCUT2D eigenvalue weighted by Gasteiger charge is -2.18. The predicted molar refractivity (Wildman–Crippen MR) is 297 cm³/mol. The first-order valence-electron chi connectivity index (χ1n) is 28.1. The van der Waals surface area contributed by atoms with Crippen LogP contribution in [0.4, 0.5) is 0 Å². The second-order valence-electron chi connectivity index (χ2n) is 18.1. The van der Waals surface area contributed by atoms with E-state index in [1.165, 1.54) is 83.5 Å². The highest BCUT2D eigenvalue weighted by atomic mass is 16.6. The molecule has 0 spiro atoms. The molecule has 0 amide bonds. The van der Waals surface area contributed by atoms with Crippen LogP contribution >= 0.6 is 0 Å². The molecule has 0 saturated heterocycles. The number of rotatable bonds is 50. The van der Waals surface area contributed by atoms with E-state index in [1.54, 1.807) is 0 Å². The van der Waals surface area contributed by atoms with Crippen molar-refractivity contribution in [2.24, 2.45) is 0 Å². The summed E-state index contributed by atoms with van der Waals surface area (Å²) in [6.07, 6.45) is 80.8. The highest BCUT2D eigenvalue weighted by Crippen LogP contribution is 2.13. The fourth-order valence-corrected chi connectivity index (χ4v) is 7.36. The molecule has 68 heavy (non-hydrogen) atoms. The van der Waals surface area contributed by atoms with Crippen molar-refractivity contribution in [3.63, 3.8) is 0 Å². The summed E-state index contributed by atoms with van der Waals surface area (Å²) in [5.41, 5.74) is 0. The van der Waals surface area contributed by atoms with Crippen molar-refractivity contribution in [2.45, 2.75) is 245 Å². The zero-order valence-corrected chi connectivity index (χ0v) is 44.3. The van der Waals surface area contributed by atoms with Crippen molar-refractivity contribution in [3.8, 4) is 0 Å². The van der Waals surface area contributed by atoms with Gasteiger partial charge in [0, 0.05) is 19.4 Å². The molecule has 386 valence electrons. The SMILES string of the molecule is CC/C=C\C/C=C\C/C=C\C/C=C\C/C=C\C/C=C\CCCOCC(COC(=O)CCCCCCCCC/C=C\C/C=C\C/C=C\CC)OC(=O)CCCCCCC/C=C\CCCCCCCC. The Morgan fingerprint density at radius 1 is 0.338 bits per heavy atom. The molecule has 0 bridgehead atoms. The van der Waals surface area contributed by atoms with Crippen LogP contribution in [0.15, 0.2) is 122 Å². The van der Waals surface area contributed by atoms with Crippen LogP contribution < -0.4 is 0 Å². The maximum absolute atomic E-state index is 12.8. The molecule has 0 rings (SSSR count). The molecule has 5 nitrogen and oxygen atoms in total. The zero-order chi connectivity index (χ0) is 49.2. The van der Waals surface area contributed by atoms with E-state index in [-0.39, 0.29) is 25.2 Å². The number of ether oxygens (including phenoxy) is 3. The zero-order valence-electron chi connectivity index (χ0n) is 44.3. The van der Waals surface area contributed by atoms with Crippen molar-refractivity contribution in [1.82, 2.24) is 0 Å². The first kappa shape index (κ1) is 64.3. The van der Waals surface area contributed by atoms with Gasteiger partial charge in [0.15, 0.2) is 6.10 Å². The lowest BCUT2D eigenvalue weighted by molar-refractivity contribution is -0.163. The molecule has 0 fully saturated rings. The van der Waals surface area contributed by atoms with Gasteiger partial charge in [0.2, 0.25) is 0 Å². The van der Waals surface area contributed by atoms with Gasteiger partial charge in [-0.1, -0.05) is 226 Å². The number of hydrogen-bond acceptors (Lipinski definition) is 5. The summed E-state index contributed by atoms with van der Waals surface area (Å²) in [4.78, 5) is 25.5. The minimum Gasteiger partial charge on any atom is -0.462 e. The molecule has 5 heteroatoms. The van der Waals surface area contributed by atoms with E-state index in [9.17, 15) is 9.59 Å². The van der Waals surface area contributed by atoms with Crippen molar-refractivity contribution < 1.29 is 23.8 Å². The molecule has 0 aromatic rings. The van der Waals surface area contributed by atoms with Crippen molar-refractivity contribution >= 4 is 11.9 Å². The van der Waals surface area contributed by atoms with E-state index in [2.05, 4.69) is 142 Å². The van der Waals surface area contributed by atoms with E-state index in [0.717, 1.165) is 122 Å². The third-order valence-electron chi connectivity index (χ3n) is 11.5. The Labute approximate surface area is 420 Å². The maximum Gasteiger partial charge on any atom is 0.306 e. The number of allylic oxidation sites excluding steroid dienone is 20. The average molecular weight is 942 g/mol. The van der Waals surface area contributed by atoms with Crippen LogP contribution in [0.1, 0.15) is 239 Å². The quantitative estimate of drug-likeness (QED) is 0.0345. The first-order chi connectivity index (χ1) is 33.6. The summed E-state index contributed by atoms with van der Waals surface area (Å²) >= 11 is 0. The summed E-state index contributed by atoms with van der Waals surface area (Å²) in [6, 6.07) is 0. The lowest BCUT2D eigenvalue weighted by Crippen LogP contribution is -2.30. The summed E-state index contributed by atoms with van der Waals surface area (Å²) in [6.45, 7) is 7.44. The fourth-order valence-electron chi connectivity index (χ4n) is 7.36. The molecule has 0 aliphatic rings. The van der Waals surface area contributed by atoms with Gasteiger partial charge in [-0.05, 0) is 122 Å². The predicted octanol–water partition coefficient (Wildman–Crippen LogP) is 19.3. The van der Waals surface area contributed by atoms with E-state index >= 15 is 0 Å². The van der Waals surface area contributed by atoms with Crippen LogP contribution in [-0.2, 0) is 23.8 Å². The van der Waals surface area contributed by atoms with Gasteiger partial charge < -0.3 is 14.2 Å². The number of unbranched alkanes of at least 4 members (excludes halogenated alkanes) is 19. The Hall–Kier alpha value is -3.70. The Bertz CT molecular complexity index is 1390. The molecule has 0 aliphatic carbocycles. The van der Waals surface area contributed by atoms with Crippen molar-refractivity contribution in [1.29, 1.82) is 0 Å². The van der Waals surface area contributed by atoms with Gasteiger partial charge >= 0.3 is 11.9 Å². The van der Waals surface area contributed by atoms with Crippen molar-refractivity contribution in [2.75, 3.05) is 19.8 Å². The minimum atomic E-state index is -0.584. The summed E-state index contributed by atoms with van der Waals surface area (Å²) in [7, 11) is 0. The molecule has 0 aromatic carbocycles. The van der Waals surface area contributed by atoms with Crippen LogP contribution in [0.25, 0.3) is 0 Å². The molecule has 1 unspecified atom stereocenters. The number of carbonyl (C=O) groups excluding carboxylic acids is 2. The Morgan fingerprint density at radius 3 is 1.07 bits per heavy atom. The molecule has 0 saturated carbocycles. The van der Waals surface area contributed by atoms with E-state index in [1.807, 2.05) is 0 Å². The fraction of sp³-hybridized carbons (Fsp3) is 0.651. The third-order valence-corrected chi connectivity index (χ3v) is 11.5. The van der Waals surface area contributed by atoms with Gasteiger partial charge in [0.05, 0.1) is 6.61 Å². The second-order valence-corrected chi connectivity index (χ2v) is 18.1. The smallest absolute Gasteiger partial charge is 0.306 e. The monoisotopic (exact) mass is 941 g/mol. The lowest BCUT2D eigenvalue weighted by atomic mass is 10.1. The standard InChI is InChI=1S/C63H104O5/c1-4-7-10-13-16-19-22-25-28-30-31-32-34-37-40-43-46-49-52-55-58-66-59-61(68-63(65)57-54-51-48-45-42-39-35-27-24-21-18-15-12-9-6-3)60-67-62(64)56-53-50-47-44-41-38-36-33-29-26-23-20-17-14-11-8-5-2/h7-8,10-11,16-17,19-20,25-29,31-32,35,37,40,46,49,61H,4-6,9,12-15,18,21-24,30,33-34,36,38-39,41-45,47-48,50-60H2,1-3H3/b10-7-,11-8-,19-16-,20-17-,28-25-,29-26-,32-31-,35-27-,40-37-,49-46-. The first-order valence-corrected chi connectivity index (χ1v) is 28.1. The van der Waals surface area contributed by atoms with Gasteiger partial charge in [-0.2, -0.15) is 0 Å².